The number of methoxy groups -OCH3 is 1. The van der Waals surface area contributed by atoms with Crippen LogP contribution in [-0.2, 0) is 10.9 Å². The van der Waals surface area contributed by atoms with Crippen LogP contribution in [0.5, 0.6) is 0 Å². The Bertz CT molecular complexity index is 936. The van der Waals surface area contributed by atoms with E-state index in [1.54, 1.807) is 11.1 Å². The minimum atomic E-state index is -4.89. The minimum Gasteiger partial charge on any atom is -0.465 e. The first kappa shape index (κ1) is 17.0. The first-order valence-corrected chi connectivity index (χ1v) is 6.25. The number of hydrogen-bond acceptors (Lipinski definition) is 5. The van der Waals surface area contributed by atoms with E-state index >= 15 is 0 Å². The number of halogens is 3. The van der Waals surface area contributed by atoms with Gasteiger partial charge >= 0.3 is 17.8 Å². The molecule has 0 saturated heterocycles. The van der Waals surface area contributed by atoms with E-state index in [1.165, 1.54) is 0 Å². The van der Waals surface area contributed by atoms with Crippen LogP contribution in [0.2, 0.25) is 0 Å². The summed E-state index contributed by atoms with van der Waals surface area (Å²) >= 11 is 0. The van der Waals surface area contributed by atoms with E-state index in [0.717, 1.165) is 25.3 Å². The minimum absolute atomic E-state index is 0.0815. The smallest absolute Gasteiger partial charge is 0.431 e. The molecule has 0 atom stereocenters. The van der Waals surface area contributed by atoms with Crippen LogP contribution in [0.1, 0.15) is 21.6 Å². The van der Waals surface area contributed by atoms with E-state index in [2.05, 4.69) is 4.74 Å². The van der Waals surface area contributed by atoms with Gasteiger partial charge in [0.2, 0.25) is 0 Å². The third kappa shape index (κ3) is 3.05. The van der Waals surface area contributed by atoms with Crippen molar-refractivity contribution in [2.24, 2.45) is 0 Å². The second-order valence-electron chi connectivity index (χ2n) is 4.49. The second-order valence-corrected chi connectivity index (χ2v) is 4.49. The van der Waals surface area contributed by atoms with Gasteiger partial charge in [0.15, 0.2) is 0 Å². The van der Waals surface area contributed by atoms with Crippen LogP contribution < -0.4 is 11.2 Å². The molecule has 2 aromatic rings. The first-order valence-electron chi connectivity index (χ1n) is 6.25. The molecule has 0 bridgehead atoms. The molecular weight excluding hydrogens is 331 g/mol. The largest absolute Gasteiger partial charge is 0.465 e. The average Bonchev–Trinajstić information content (AvgIpc) is 2.52. The van der Waals surface area contributed by atoms with Crippen LogP contribution in [0, 0.1) is 11.3 Å². The van der Waals surface area contributed by atoms with Crippen molar-refractivity contribution in [2.45, 2.75) is 6.18 Å². The fourth-order valence-corrected chi connectivity index (χ4v) is 1.94. The van der Waals surface area contributed by atoms with Gasteiger partial charge in [0.1, 0.15) is 11.8 Å². The zero-order valence-electron chi connectivity index (χ0n) is 12.0. The highest BCUT2D eigenvalue weighted by molar-refractivity contribution is 5.92. The number of nitrogens with zero attached hydrogens (tertiary/aromatic N) is 2. The van der Waals surface area contributed by atoms with Crippen molar-refractivity contribution in [2.75, 3.05) is 7.11 Å². The molecule has 24 heavy (non-hydrogen) atoms. The van der Waals surface area contributed by atoms with Gasteiger partial charge in [-0.25, -0.2) is 14.2 Å². The SMILES string of the molecule is COC(=O)c1cc(-n2c(=O)cc(C(F)(F)F)[nH]c2=O)ccc1C#N. The van der Waals surface area contributed by atoms with Gasteiger partial charge in [0.05, 0.1) is 23.9 Å². The summed E-state index contributed by atoms with van der Waals surface area (Å²) in [5.41, 5.74) is -4.57. The first-order chi connectivity index (χ1) is 11.2. The van der Waals surface area contributed by atoms with Crippen LogP contribution in [-0.4, -0.2) is 22.6 Å². The Kier molecular flexibility index (Phi) is 4.28. The predicted octanol–water partition coefficient (Wildman–Crippen LogP) is 1.20. The highest BCUT2D eigenvalue weighted by Crippen LogP contribution is 2.25. The number of ether oxygens (including phenoxy) is 1. The van der Waals surface area contributed by atoms with Crippen molar-refractivity contribution < 1.29 is 22.7 Å². The number of nitriles is 1. The lowest BCUT2D eigenvalue weighted by Gasteiger charge is -2.10. The Morgan fingerprint density at radius 3 is 2.46 bits per heavy atom. The number of carbonyl (C=O) groups is 1. The maximum atomic E-state index is 12.6. The predicted molar refractivity (Wildman–Crippen MR) is 73.7 cm³/mol. The molecule has 0 aliphatic heterocycles. The van der Waals surface area contributed by atoms with Gasteiger partial charge in [-0.3, -0.25) is 4.79 Å². The third-order valence-corrected chi connectivity index (χ3v) is 3.03. The molecule has 1 heterocycles. The molecular formula is C14H8F3N3O4. The Morgan fingerprint density at radius 1 is 1.29 bits per heavy atom. The number of hydrogen-bond donors (Lipinski definition) is 1. The Hall–Kier alpha value is -3.35. The van der Waals surface area contributed by atoms with Crippen molar-refractivity contribution >= 4 is 5.97 Å². The molecule has 1 N–H and O–H groups in total. The summed E-state index contributed by atoms with van der Waals surface area (Å²) in [5.74, 6) is -0.898. The second kappa shape index (κ2) is 6.04. The molecule has 10 heteroatoms. The van der Waals surface area contributed by atoms with E-state index in [4.69, 9.17) is 5.26 Å². The van der Waals surface area contributed by atoms with Crippen LogP contribution in [0.25, 0.3) is 5.69 Å². The van der Waals surface area contributed by atoms with Gasteiger partial charge in [-0.05, 0) is 18.2 Å². The molecule has 0 radical (unpaired) electrons. The number of aromatic amines is 1. The summed E-state index contributed by atoms with van der Waals surface area (Å²) in [4.78, 5) is 36.9. The molecule has 0 fully saturated rings. The van der Waals surface area contributed by atoms with Crippen LogP contribution in [0.4, 0.5) is 13.2 Å². The number of rotatable bonds is 2. The van der Waals surface area contributed by atoms with Gasteiger partial charge in [0.25, 0.3) is 5.56 Å². The van der Waals surface area contributed by atoms with E-state index in [9.17, 15) is 27.6 Å². The van der Waals surface area contributed by atoms with E-state index in [1.807, 2.05) is 0 Å². The molecule has 0 aliphatic rings. The van der Waals surface area contributed by atoms with E-state index in [-0.39, 0.29) is 22.9 Å². The maximum absolute atomic E-state index is 12.6. The van der Waals surface area contributed by atoms with Gasteiger partial charge in [-0.15, -0.1) is 0 Å². The van der Waals surface area contributed by atoms with Gasteiger partial charge in [0, 0.05) is 6.07 Å². The summed E-state index contributed by atoms with van der Waals surface area (Å²) in [6.45, 7) is 0. The zero-order chi connectivity index (χ0) is 18.1. The van der Waals surface area contributed by atoms with Crippen LogP contribution >= 0.6 is 0 Å². The van der Waals surface area contributed by atoms with Crippen LogP contribution in [0.15, 0.2) is 33.9 Å². The lowest BCUT2D eigenvalue weighted by molar-refractivity contribution is -0.141. The fraction of sp³-hybridized carbons (Fsp3) is 0.143. The van der Waals surface area contributed by atoms with Crippen LogP contribution in [0.3, 0.4) is 0 Å². The summed E-state index contributed by atoms with van der Waals surface area (Å²) in [7, 11) is 1.06. The fourth-order valence-electron chi connectivity index (χ4n) is 1.94. The lowest BCUT2D eigenvalue weighted by Crippen LogP contribution is -2.35. The normalized spacial score (nSPS) is 11.0. The Labute approximate surface area is 131 Å². The standard InChI is InChI=1S/C14H8F3N3O4/c1-24-12(22)9-4-8(3-2-7(9)6-18)20-11(21)5-10(14(15,16)17)19-13(20)23/h2-5H,1H3,(H,19,23). The summed E-state index contributed by atoms with van der Waals surface area (Å²) in [6.07, 6.45) is -4.89. The molecule has 0 amide bonds. The molecule has 2 rings (SSSR count). The Balaban J connectivity index is 2.70. The molecule has 0 saturated carbocycles. The molecule has 1 aromatic carbocycles. The van der Waals surface area contributed by atoms with Crippen molar-refractivity contribution in [3.8, 4) is 11.8 Å². The third-order valence-electron chi connectivity index (χ3n) is 3.03. The molecule has 124 valence electrons. The lowest BCUT2D eigenvalue weighted by atomic mass is 10.1. The molecule has 7 nitrogen and oxygen atoms in total. The number of alkyl halides is 3. The number of carbonyl (C=O) groups excluding carboxylic acids is 1. The van der Waals surface area contributed by atoms with Crippen molar-refractivity contribution in [3.05, 3.63) is 61.9 Å². The molecule has 0 unspecified atom stereocenters. The highest BCUT2D eigenvalue weighted by Gasteiger charge is 2.33. The molecule has 0 spiro atoms. The highest BCUT2D eigenvalue weighted by atomic mass is 19.4. The molecule has 0 aliphatic carbocycles. The summed E-state index contributed by atoms with van der Waals surface area (Å²) in [5, 5.41) is 8.94. The monoisotopic (exact) mass is 339 g/mol. The maximum Gasteiger partial charge on any atom is 0.431 e. The quantitative estimate of drug-likeness (QED) is 0.828. The van der Waals surface area contributed by atoms with Crippen molar-refractivity contribution in [1.29, 1.82) is 5.26 Å². The number of H-pyrrole nitrogens is 1. The number of nitrogens with one attached hydrogen (secondary N) is 1. The van der Waals surface area contributed by atoms with Gasteiger partial charge in [-0.2, -0.15) is 18.4 Å². The average molecular weight is 339 g/mol. The molecule has 1 aromatic heterocycles. The number of aromatic nitrogens is 2. The zero-order valence-corrected chi connectivity index (χ0v) is 12.0. The summed E-state index contributed by atoms with van der Waals surface area (Å²) < 4.78 is 42.6. The van der Waals surface area contributed by atoms with E-state index in [0.29, 0.717) is 4.57 Å². The van der Waals surface area contributed by atoms with Gasteiger partial charge in [-0.1, -0.05) is 0 Å². The Morgan fingerprint density at radius 2 is 1.96 bits per heavy atom. The number of esters is 1. The number of benzene rings is 1. The topological polar surface area (TPSA) is 105 Å². The summed E-state index contributed by atoms with van der Waals surface area (Å²) in [6, 6.07) is 5.24. The van der Waals surface area contributed by atoms with Crippen molar-refractivity contribution in [3.63, 3.8) is 0 Å². The van der Waals surface area contributed by atoms with Crippen molar-refractivity contribution in [1.82, 2.24) is 9.55 Å². The van der Waals surface area contributed by atoms with E-state index < -0.39 is 29.1 Å². The van der Waals surface area contributed by atoms with Gasteiger partial charge < -0.3 is 9.72 Å².